The number of non-ortho nitro benzene ring substituents is 1. The topological polar surface area (TPSA) is 128 Å². The molecule has 84 valence electrons. The molecular formula is C8H7N3O5. The van der Waals surface area contributed by atoms with E-state index in [1.54, 1.807) is 0 Å². The van der Waals surface area contributed by atoms with Crippen molar-refractivity contribution in [3.05, 3.63) is 39.9 Å². The summed E-state index contributed by atoms with van der Waals surface area (Å²) < 4.78 is 0. The van der Waals surface area contributed by atoms with Gasteiger partial charge in [0.25, 0.3) is 5.69 Å². The summed E-state index contributed by atoms with van der Waals surface area (Å²) in [6.07, 6.45) is -1.59. The van der Waals surface area contributed by atoms with E-state index in [9.17, 15) is 14.9 Å². The Hall–Kier alpha value is -2.64. The maximum Gasteiger partial charge on any atom is 0.532 e. The summed E-state index contributed by atoms with van der Waals surface area (Å²) in [5.41, 5.74) is 5.59. The number of oxime groups is 1. The van der Waals surface area contributed by atoms with Crippen molar-refractivity contribution in [2.75, 3.05) is 0 Å². The number of nitrogens with zero attached hydrogens (tertiary/aromatic N) is 2. The van der Waals surface area contributed by atoms with Gasteiger partial charge in [-0.15, -0.1) is 0 Å². The summed E-state index contributed by atoms with van der Waals surface area (Å²) in [5.74, 6) is -0.183. The number of nitro groups is 1. The highest BCUT2D eigenvalue weighted by molar-refractivity contribution is 5.97. The van der Waals surface area contributed by atoms with Crippen LogP contribution in [0.3, 0.4) is 0 Å². The first-order chi connectivity index (χ1) is 7.50. The van der Waals surface area contributed by atoms with E-state index in [0.717, 1.165) is 0 Å². The van der Waals surface area contributed by atoms with E-state index < -0.39 is 11.1 Å². The third-order valence-electron chi connectivity index (χ3n) is 1.60. The van der Waals surface area contributed by atoms with Gasteiger partial charge in [-0.3, -0.25) is 15.0 Å². The molecule has 8 nitrogen and oxygen atoms in total. The van der Waals surface area contributed by atoms with Gasteiger partial charge in [0, 0.05) is 17.7 Å². The van der Waals surface area contributed by atoms with Gasteiger partial charge in [0.15, 0.2) is 5.84 Å². The van der Waals surface area contributed by atoms with E-state index in [1.165, 1.54) is 24.3 Å². The van der Waals surface area contributed by atoms with E-state index >= 15 is 0 Å². The monoisotopic (exact) mass is 225 g/mol. The molecule has 0 amide bonds. The first-order valence-corrected chi connectivity index (χ1v) is 3.99. The Morgan fingerprint density at radius 3 is 2.44 bits per heavy atom. The number of hydrogen-bond acceptors (Lipinski definition) is 5. The molecular weight excluding hydrogens is 218 g/mol. The van der Waals surface area contributed by atoms with Crippen LogP contribution in [0.15, 0.2) is 29.4 Å². The second-order valence-corrected chi connectivity index (χ2v) is 2.64. The number of nitro benzene ring substituents is 1. The number of hydrogen-bond donors (Lipinski definition) is 2. The Labute approximate surface area is 89.1 Å². The maximum atomic E-state index is 10.3. The van der Waals surface area contributed by atoms with Crippen LogP contribution in [-0.2, 0) is 4.84 Å². The molecule has 0 aliphatic heterocycles. The predicted molar refractivity (Wildman–Crippen MR) is 52.9 cm³/mol. The Bertz CT molecular complexity index is 439. The molecule has 0 aliphatic rings. The van der Waals surface area contributed by atoms with Crippen molar-refractivity contribution >= 4 is 17.7 Å². The van der Waals surface area contributed by atoms with Crippen molar-refractivity contribution in [3.63, 3.8) is 0 Å². The van der Waals surface area contributed by atoms with Crippen LogP contribution in [0.25, 0.3) is 0 Å². The highest BCUT2D eigenvalue weighted by Crippen LogP contribution is 2.11. The van der Waals surface area contributed by atoms with Gasteiger partial charge in [-0.05, 0) is 12.1 Å². The Kier molecular flexibility index (Phi) is 3.38. The molecule has 0 saturated carbocycles. The fourth-order valence-electron chi connectivity index (χ4n) is 0.895. The van der Waals surface area contributed by atoms with E-state index in [-0.39, 0.29) is 11.5 Å². The minimum Gasteiger partial charge on any atom is -0.448 e. The van der Waals surface area contributed by atoms with Crippen molar-refractivity contribution in [3.8, 4) is 0 Å². The molecule has 1 aromatic rings. The molecule has 0 heterocycles. The summed E-state index contributed by atoms with van der Waals surface area (Å²) in [6, 6.07) is 5.11. The Morgan fingerprint density at radius 2 is 2.00 bits per heavy atom. The SMILES string of the molecule is NC(=NOC(=O)O)c1ccc([N+](=O)[O-])cc1. The molecule has 0 aliphatic carbocycles. The lowest BCUT2D eigenvalue weighted by Gasteiger charge is -1.98. The zero-order chi connectivity index (χ0) is 12.1. The van der Waals surface area contributed by atoms with Gasteiger partial charge in [0.1, 0.15) is 0 Å². The van der Waals surface area contributed by atoms with Crippen LogP contribution in [0.1, 0.15) is 5.56 Å². The van der Waals surface area contributed by atoms with E-state index in [4.69, 9.17) is 10.8 Å². The molecule has 0 fully saturated rings. The lowest BCUT2D eigenvalue weighted by Crippen LogP contribution is -2.14. The summed E-state index contributed by atoms with van der Waals surface area (Å²) in [5, 5.41) is 21.6. The summed E-state index contributed by atoms with van der Waals surface area (Å²) >= 11 is 0. The average molecular weight is 225 g/mol. The van der Waals surface area contributed by atoms with Gasteiger partial charge >= 0.3 is 6.16 Å². The molecule has 0 spiro atoms. The molecule has 0 radical (unpaired) electrons. The normalized spacial score (nSPS) is 10.9. The second kappa shape index (κ2) is 4.73. The van der Waals surface area contributed by atoms with Crippen LogP contribution in [0, 0.1) is 10.1 Å². The molecule has 16 heavy (non-hydrogen) atoms. The molecule has 8 heteroatoms. The van der Waals surface area contributed by atoms with Crippen LogP contribution in [0.2, 0.25) is 0 Å². The zero-order valence-electron chi connectivity index (χ0n) is 7.86. The van der Waals surface area contributed by atoms with Crippen molar-refractivity contribution < 1.29 is 19.7 Å². The number of carboxylic acid groups (broad SMARTS) is 1. The van der Waals surface area contributed by atoms with Crippen LogP contribution in [0.4, 0.5) is 10.5 Å². The quantitative estimate of drug-likeness (QED) is 0.258. The van der Waals surface area contributed by atoms with Crippen LogP contribution >= 0.6 is 0 Å². The molecule has 1 aromatic carbocycles. The molecule has 3 N–H and O–H groups in total. The largest absolute Gasteiger partial charge is 0.532 e. The fraction of sp³-hybridized carbons (Fsp3) is 0. The second-order valence-electron chi connectivity index (χ2n) is 2.64. The number of benzene rings is 1. The van der Waals surface area contributed by atoms with Crippen LogP contribution in [0.5, 0.6) is 0 Å². The Balaban J connectivity index is 2.85. The summed E-state index contributed by atoms with van der Waals surface area (Å²) in [6.45, 7) is 0. The first-order valence-electron chi connectivity index (χ1n) is 3.99. The lowest BCUT2D eigenvalue weighted by atomic mass is 10.2. The van der Waals surface area contributed by atoms with Crippen molar-refractivity contribution in [2.24, 2.45) is 10.9 Å². The van der Waals surface area contributed by atoms with Crippen molar-refractivity contribution in [1.82, 2.24) is 0 Å². The molecule has 1 rings (SSSR count). The van der Waals surface area contributed by atoms with Gasteiger partial charge in [-0.25, -0.2) is 4.79 Å². The highest BCUT2D eigenvalue weighted by Gasteiger charge is 2.06. The lowest BCUT2D eigenvalue weighted by molar-refractivity contribution is -0.384. The summed E-state index contributed by atoms with van der Waals surface area (Å²) in [4.78, 5) is 23.7. The molecule has 0 saturated heterocycles. The minimum atomic E-state index is -1.59. The molecule has 0 atom stereocenters. The van der Waals surface area contributed by atoms with E-state index in [1.807, 2.05) is 0 Å². The molecule has 0 bridgehead atoms. The predicted octanol–water partition coefficient (Wildman–Crippen LogP) is 0.910. The first kappa shape index (κ1) is 11.4. The number of carbonyl (C=O) groups is 1. The average Bonchev–Trinajstić information content (AvgIpc) is 2.26. The van der Waals surface area contributed by atoms with E-state index in [2.05, 4.69) is 9.99 Å². The van der Waals surface area contributed by atoms with Crippen molar-refractivity contribution in [1.29, 1.82) is 0 Å². The van der Waals surface area contributed by atoms with E-state index in [0.29, 0.717) is 5.56 Å². The molecule has 0 aromatic heterocycles. The van der Waals surface area contributed by atoms with Gasteiger partial charge in [-0.2, -0.15) is 0 Å². The van der Waals surface area contributed by atoms with Gasteiger partial charge in [0.05, 0.1) is 4.92 Å². The third kappa shape index (κ3) is 2.94. The van der Waals surface area contributed by atoms with Crippen molar-refractivity contribution in [2.45, 2.75) is 0 Å². The Morgan fingerprint density at radius 1 is 1.44 bits per heavy atom. The summed E-state index contributed by atoms with van der Waals surface area (Å²) in [7, 11) is 0. The molecule has 0 unspecified atom stereocenters. The standard InChI is InChI=1S/C8H7N3O5/c9-7(10-16-8(12)13)5-1-3-6(4-2-5)11(14)15/h1-4H,(H2,9,10)(H,12,13). The highest BCUT2D eigenvalue weighted by atomic mass is 16.7. The third-order valence-corrected chi connectivity index (χ3v) is 1.60. The van der Waals surface area contributed by atoms with Crippen LogP contribution < -0.4 is 5.73 Å². The fourth-order valence-corrected chi connectivity index (χ4v) is 0.895. The van der Waals surface area contributed by atoms with Gasteiger partial charge in [0.2, 0.25) is 0 Å². The van der Waals surface area contributed by atoms with Gasteiger partial charge < -0.3 is 10.8 Å². The van der Waals surface area contributed by atoms with Crippen LogP contribution in [-0.4, -0.2) is 22.0 Å². The smallest absolute Gasteiger partial charge is 0.448 e. The number of rotatable bonds is 3. The maximum absolute atomic E-state index is 10.3. The van der Waals surface area contributed by atoms with Gasteiger partial charge in [-0.1, -0.05) is 5.16 Å². The number of nitrogens with two attached hydrogens (primary N) is 1. The zero-order valence-corrected chi connectivity index (χ0v) is 7.86. The minimum absolute atomic E-state index is 0.101. The number of amidine groups is 1.